The molecule has 1 N–H and O–H groups in total. The highest BCUT2D eigenvalue weighted by atomic mass is 16.5. The molecule has 0 bridgehead atoms. The number of benzene rings is 1. The number of aryl methyl sites for hydroxylation is 1. The van der Waals surface area contributed by atoms with Gasteiger partial charge < -0.3 is 10.1 Å². The summed E-state index contributed by atoms with van der Waals surface area (Å²) in [6.07, 6.45) is 1.09. The second kappa shape index (κ2) is 8.26. The fourth-order valence-corrected chi connectivity index (χ4v) is 1.70. The monoisotopic (exact) mass is 235 g/mol. The lowest BCUT2D eigenvalue weighted by Crippen LogP contribution is -2.23. The molecule has 0 heterocycles. The van der Waals surface area contributed by atoms with Gasteiger partial charge in [0.2, 0.25) is 0 Å². The molecule has 1 aromatic rings. The topological polar surface area (TPSA) is 21.3 Å². The Morgan fingerprint density at radius 3 is 2.65 bits per heavy atom. The molecular weight excluding hydrogens is 210 g/mol. The third-order valence-electron chi connectivity index (χ3n) is 2.71. The van der Waals surface area contributed by atoms with Crippen molar-refractivity contribution in [3.63, 3.8) is 0 Å². The molecule has 0 aromatic heterocycles. The second-order valence-electron chi connectivity index (χ2n) is 4.90. The maximum absolute atomic E-state index is 5.51. The summed E-state index contributed by atoms with van der Waals surface area (Å²) < 4.78 is 5.51. The van der Waals surface area contributed by atoms with Crippen LogP contribution in [0.15, 0.2) is 24.3 Å². The van der Waals surface area contributed by atoms with Gasteiger partial charge in [0, 0.05) is 13.2 Å². The lowest BCUT2D eigenvalue weighted by molar-refractivity contribution is 0.112. The smallest absolute Gasteiger partial charge is 0.0591 e. The third-order valence-corrected chi connectivity index (χ3v) is 2.71. The average molecular weight is 235 g/mol. The zero-order valence-electron chi connectivity index (χ0n) is 11.3. The number of rotatable bonds is 8. The van der Waals surface area contributed by atoms with E-state index in [1.807, 2.05) is 0 Å². The molecule has 1 aromatic carbocycles. The lowest BCUT2D eigenvalue weighted by Gasteiger charge is -2.09. The molecule has 0 unspecified atom stereocenters. The van der Waals surface area contributed by atoms with Gasteiger partial charge in [0.1, 0.15) is 0 Å². The van der Waals surface area contributed by atoms with Crippen molar-refractivity contribution in [2.75, 3.05) is 26.3 Å². The van der Waals surface area contributed by atoms with E-state index in [1.165, 1.54) is 11.1 Å². The molecule has 0 amide bonds. The van der Waals surface area contributed by atoms with E-state index in [-0.39, 0.29) is 0 Å². The molecule has 0 atom stereocenters. The van der Waals surface area contributed by atoms with E-state index >= 15 is 0 Å². The minimum atomic E-state index is 0.627. The summed E-state index contributed by atoms with van der Waals surface area (Å²) in [5.74, 6) is 0.627. The molecule has 0 saturated carbocycles. The molecule has 1 rings (SSSR count). The standard InChI is InChI=1S/C15H25NO/c1-13(2)12-17-11-10-16-9-8-15-7-5-4-6-14(15)3/h4-7,13,16H,8-12H2,1-3H3. The summed E-state index contributed by atoms with van der Waals surface area (Å²) in [6, 6.07) is 8.56. The van der Waals surface area contributed by atoms with Gasteiger partial charge in [-0.05, 0) is 36.9 Å². The van der Waals surface area contributed by atoms with Crippen molar-refractivity contribution in [2.24, 2.45) is 5.92 Å². The van der Waals surface area contributed by atoms with Crippen LogP contribution in [0.25, 0.3) is 0 Å². The molecule has 2 heteroatoms. The Hall–Kier alpha value is -0.860. The molecule has 0 aliphatic heterocycles. The van der Waals surface area contributed by atoms with Gasteiger partial charge in [-0.3, -0.25) is 0 Å². The van der Waals surface area contributed by atoms with Crippen LogP contribution in [-0.2, 0) is 11.2 Å². The minimum Gasteiger partial charge on any atom is -0.380 e. The molecule has 96 valence electrons. The van der Waals surface area contributed by atoms with Gasteiger partial charge in [-0.15, -0.1) is 0 Å². The van der Waals surface area contributed by atoms with Crippen molar-refractivity contribution in [3.8, 4) is 0 Å². The van der Waals surface area contributed by atoms with E-state index in [4.69, 9.17) is 4.74 Å². The Labute approximate surface area is 105 Å². The van der Waals surface area contributed by atoms with Gasteiger partial charge in [-0.1, -0.05) is 38.1 Å². The maximum Gasteiger partial charge on any atom is 0.0591 e. The Kier molecular flexibility index (Phi) is 6.90. The Morgan fingerprint density at radius 1 is 1.18 bits per heavy atom. The highest BCUT2D eigenvalue weighted by molar-refractivity contribution is 5.25. The van der Waals surface area contributed by atoms with Gasteiger partial charge in [-0.25, -0.2) is 0 Å². The summed E-state index contributed by atoms with van der Waals surface area (Å²) in [5.41, 5.74) is 2.81. The van der Waals surface area contributed by atoms with Gasteiger partial charge in [0.15, 0.2) is 0 Å². The van der Waals surface area contributed by atoms with Gasteiger partial charge in [0.05, 0.1) is 6.61 Å². The van der Waals surface area contributed by atoms with E-state index in [1.54, 1.807) is 0 Å². The summed E-state index contributed by atoms with van der Waals surface area (Å²) in [6.45, 7) is 10.2. The normalized spacial score (nSPS) is 11.1. The average Bonchev–Trinajstić information content (AvgIpc) is 2.30. The highest BCUT2D eigenvalue weighted by Crippen LogP contribution is 2.06. The summed E-state index contributed by atoms with van der Waals surface area (Å²) in [4.78, 5) is 0. The van der Waals surface area contributed by atoms with Crippen LogP contribution in [-0.4, -0.2) is 26.3 Å². The van der Waals surface area contributed by atoms with E-state index < -0.39 is 0 Å². The predicted molar refractivity (Wildman–Crippen MR) is 73.4 cm³/mol. The number of hydrogen-bond donors (Lipinski definition) is 1. The number of nitrogens with one attached hydrogen (secondary N) is 1. The van der Waals surface area contributed by atoms with E-state index in [9.17, 15) is 0 Å². The minimum absolute atomic E-state index is 0.627. The quantitative estimate of drug-likeness (QED) is 0.700. The van der Waals surface area contributed by atoms with Crippen molar-refractivity contribution in [2.45, 2.75) is 27.2 Å². The molecule has 0 spiro atoms. The summed E-state index contributed by atoms with van der Waals surface area (Å²) in [7, 11) is 0. The highest BCUT2D eigenvalue weighted by Gasteiger charge is 1.97. The van der Waals surface area contributed by atoms with E-state index in [0.29, 0.717) is 5.92 Å². The first-order chi connectivity index (χ1) is 8.20. The van der Waals surface area contributed by atoms with Crippen LogP contribution < -0.4 is 5.32 Å². The number of ether oxygens (including phenoxy) is 1. The molecule has 0 aliphatic carbocycles. The van der Waals surface area contributed by atoms with Crippen LogP contribution in [0.3, 0.4) is 0 Å². The first-order valence-corrected chi connectivity index (χ1v) is 6.53. The summed E-state index contributed by atoms with van der Waals surface area (Å²) >= 11 is 0. The SMILES string of the molecule is Cc1ccccc1CCNCCOCC(C)C. The van der Waals surface area contributed by atoms with E-state index in [0.717, 1.165) is 32.7 Å². The van der Waals surface area contributed by atoms with Crippen molar-refractivity contribution in [1.82, 2.24) is 5.32 Å². The Balaban J connectivity index is 2.03. The van der Waals surface area contributed by atoms with Crippen LogP contribution in [0.5, 0.6) is 0 Å². The van der Waals surface area contributed by atoms with Gasteiger partial charge in [0.25, 0.3) is 0 Å². The molecule has 17 heavy (non-hydrogen) atoms. The molecular formula is C15H25NO. The van der Waals surface area contributed by atoms with Crippen molar-refractivity contribution >= 4 is 0 Å². The molecule has 0 saturated heterocycles. The lowest BCUT2D eigenvalue weighted by atomic mass is 10.1. The van der Waals surface area contributed by atoms with Crippen LogP contribution in [0.2, 0.25) is 0 Å². The van der Waals surface area contributed by atoms with Crippen LogP contribution in [0.1, 0.15) is 25.0 Å². The maximum atomic E-state index is 5.51. The molecule has 0 radical (unpaired) electrons. The summed E-state index contributed by atoms with van der Waals surface area (Å²) in [5, 5.41) is 3.41. The van der Waals surface area contributed by atoms with Gasteiger partial charge in [-0.2, -0.15) is 0 Å². The first-order valence-electron chi connectivity index (χ1n) is 6.53. The second-order valence-corrected chi connectivity index (χ2v) is 4.90. The number of hydrogen-bond acceptors (Lipinski definition) is 2. The fourth-order valence-electron chi connectivity index (χ4n) is 1.70. The largest absolute Gasteiger partial charge is 0.380 e. The Morgan fingerprint density at radius 2 is 1.94 bits per heavy atom. The first kappa shape index (κ1) is 14.2. The molecule has 0 fully saturated rings. The fraction of sp³-hybridized carbons (Fsp3) is 0.600. The van der Waals surface area contributed by atoms with E-state index in [2.05, 4.69) is 50.4 Å². The van der Waals surface area contributed by atoms with Gasteiger partial charge >= 0.3 is 0 Å². The van der Waals surface area contributed by atoms with Crippen LogP contribution in [0, 0.1) is 12.8 Å². The van der Waals surface area contributed by atoms with Crippen molar-refractivity contribution in [3.05, 3.63) is 35.4 Å². The molecule has 0 aliphatic rings. The zero-order valence-corrected chi connectivity index (χ0v) is 11.3. The third kappa shape index (κ3) is 6.44. The Bertz CT molecular complexity index is 310. The predicted octanol–water partition coefficient (Wildman–Crippen LogP) is 2.80. The van der Waals surface area contributed by atoms with Crippen LogP contribution in [0.4, 0.5) is 0 Å². The van der Waals surface area contributed by atoms with Crippen molar-refractivity contribution < 1.29 is 4.74 Å². The molecule has 2 nitrogen and oxygen atoms in total. The van der Waals surface area contributed by atoms with Crippen LogP contribution >= 0.6 is 0 Å². The van der Waals surface area contributed by atoms with Crippen molar-refractivity contribution in [1.29, 1.82) is 0 Å². The zero-order chi connectivity index (χ0) is 12.5.